The molecule has 25 heavy (non-hydrogen) atoms. The molecule has 0 aliphatic carbocycles. The highest BCUT2D eigenvalue weighted by Crippen LogP contribution is 2.32. The van der Waals surface area contributed by atoms with E-state index in [9.17, 15) is 9.59 Å². The second-order valence-corrected chi connectivity index (χ2v) is 7.01. The van der Waals surface area contributed by atoms with Crippen LogP contribution in [0.4, 0.5) is 11.4 Å². The Bertz CT molecular complexity index is 822. The van der Waals surface area contributed by atoms with E-state index in [2.05, 4.69) is 5.32 Å². The Kier molecular flexibility index (Phi) is 5.52. The molecule has 2 aromatic rings. The molecule has 2 amide bonds. The lowest BCUT2D eigenvalue weighted by Crippen LogP contribution is -2.23. The van der Waals surface area contributed by atoms with E-state index in [1.807, 2.05) is 24.3 Å². The van der Waals surface area contributed by atoms with Crippen LogP contribution < -0.4 is 10.2 Å². The maximum atomic E-state index is 12.2. The average molecular weight is 398 g/mol. The average Bonchev–Trinajstić information content (AvgIpc) is 2.99. The Morgan fingerprint density at radius 3 is 2.36 bits per heavy atom. The molecule has 0 bridgehead atoms. The molecule has 1 aliphatic rings. The minimum absolute atomic E-state index is 0.139. The van der Waals surface area contributed by atoms with Gasteiger partial charge in [-0.05, 0) is 36.2 Å². The Morgan fingerprint density at radius 1 is 1.04 bits per heavy atom. The van der Waals surface area contributed by atoms with Crippen LogP contribution in [0.1, 0.15) is 18.4 Å². The van der Waals surface area contributed by atoms with Gasteiger partial charge in [0.15, 0.2) is 0 Å². The standard InChI is InChI=1S/C18H15Cl3N2O2/c19-13-9-15(21)16(10-14(13)20)22-17(24)8-11-3-5-12(6-4-11)23-7-1-2-18(23)25/h3-6,9-10H,1-2,7-8H2,(H,22,24). The minimum atomic E-state index is -0.217. The fourth-order valence-electron chi connectivity index (χ4n) is 2.71. The molecule has 7 heteroatoms. The molecule has 1 fully saturated rings. The van der Waals surface area contributed by atoms with Gasteiger partial charge in [-0.25, -0.2) is 0 Å². The molecule has 0 aromatic heterocycles. The molecule has 1 N–H and O–H groups in total. The molecule has 1 heterocycles. The zero-order chi connectivity index (χ0) is 18.0. The molecule has 0 unspecified atom stereocenters. The highest BCUT2D eigenvalue weighted by Gasteiger charge is 2.21. The van der Waals surface area contributed by atoms with Crippen molar-refractivity contribution in [3.05, 3.63) is 57.0 Å². The Hall–Kier alpha value is -1.75. The van der Waals surface area contributed by atoms with Gasteiger partial charge < -0.3 is 10.2 Å². The van der Waals surface area contributed by atoms with Gasteiger partial charge in [-0.15, -0.1) is 0 Å². The van der Waals surface area contributed by atoms with Crippen LogP contribution in [0.25, 0.3) is 0 Å². The SMILES string of the molecule is O=C(Cc1ccc(N2CCCC2=O)cc1)Nc1cc(Cl)c(Cl)cc1Cl. The summed E-state index contributed by atoms with van der Waals surface area (Å²) in [5.74, 6) is -0.0787. The fraction of sp³-hybridized carbons (Fsp3) is 0.222. The topological polar surface area (TPSA) is 49.4 Å². The number of carbonyl (C=O) groups excluding carboxylic acids is 2. The number of halogens is 3. The van der Waals surface area contributed by atoms with Gasteiger partial charge in [0.1, 0.15) is 0 Å². The summed E-state index contributed by atoms with van der Waals surface area (Å²) >= 11 is 17.9. The third-order valence-corrected chi connectivity index (χ3v) is 5.01. The summed E-state index contributed by atoms with van der Waals surface area (Å²) in [4.78, 5) is 25.7. The van der Waals surface area contributed by atoms with Gasteiger partial charge in [0.25, 0.3) is 0 Å². The lowest BCUT2D eigenvalue weighted by molar-refractivity contribution is -0.117. The fourth-order valence-corrected chi connectivity index (χ4v) is 3.31. The molecule has 1 saturated heterocycles. The van der Waals surface area contributed by atoms with Crippen molar-refractivity contribution < 1.29 is 9.59 Å². The van der Waals surface area contributed by atoms with Crippen LogP contribution in [0.15, 0.2) is 36.4 Å². The zero-order valence-corrected chi connectivity index (χ0v) is 15.5. The number of benzene rings is 2. The van der Waals surface area contributed by atoms with Crippen molar-refractivity contribution >= 4 is 58.0 Å². The Labute approximate surface area is 160 Å². The minimum Gasteiger partial charge on any atom is -0.324 e. The van der Waals surface area contributed by atoms with Crippen molar-refractivity contribution in [2.24, 2.45) is 0 Å². The highest BCUT2D eigenvalue weighted by molar-refractivity contribution is 6.44. The number of nitrogens with one attached hydrogen (secondary N) is 1. The maximum Gasteiger partial charge on any atom is 0.228 e. The molecule has 0 spiro atoms. The van der Waals surface area contributed by atoms with E-state index in [4.69, 9.17) is 34.8 Å². The zero-order valence-electron chi connectivity index (χ0n) is 13.2. The number of hydrogen-bond donors (Lipinski definition) is 1. The van der Waals surface area contributed by atoms with E-state index in [1.165, 1.54) is 12.1 Å². The number of hydrogen-bond acceptors (Lipinski definition) is 2. The van der Waals surface area contributed by atoms with Crippen LogP contribution in [0.5, 0.6) is 0 Å². The van der Waals surface area contributed by atoms with Crippen molar-refractivity contribution in [3.8, 4) is 0 Å². The lowest BCUT2D eigenvalue weighted by atomic mass is 10.1. The molecule has 2 aromatic carbocycles. The van der Waals surface area contributed by atoms with Gasteiger partial charge in [-0.3, -0.25) is 9.59 Å². The smallest absolute Gasteiger partial charge is 0.228 e. The third kappa shape index (κ3) is 4.27. The van der Waals surface area contributed by atoms with Crippen LogP contribution in [0.3, 0.4) is 0 Å². The highest BCUT2D eigenvalue weighted by atomic mass is 35.5. The van der Waals surface area contributed by atoms with Gasteiger partial charge in [0, 0.05) is 18.7 Å². The molecule has 3 rings (SSSR count). The first kappa shape index (κ1) is 18.1. The predicted octanol–water partition coefficient (Wildman–Crippen LogP) is 4.95. The summed E-state index contributed by atoms with van der Waals surface area (Å²) in [6.07, 6.45) is 1.66. The van der Waals surface area contributed by atoms with Gasteiger partial charge in [0.05, 0.1) is 27.2 Å². The number of anilines is 2. The van der Waals surface area contributed by atoms with E-state index in [-0.39, 0.29) is 18.2 Å². The van der Waals surface area contributed by atoms with Gasteiger partial charge >= 0.3 is 0 Å². The lowest BCUT2D eigenvalue weighted by Gasteiger charge is -2.16. The van der Waals surface area contributed by atoms with Crippen molar-refractivity contribution in [3.63, 3.8) is 0 Å². The molecule has 1 aliphatic heterocycles. The van der Waals surface area contributed by atoms with E-state index in [1.54, 1.807) is 4.90 Å². The number of nitrogens with zero attached hydrogens (tertiary/aromatic N) is 1. The molecule has 130 valence electrons. The van der Waals surface area contributed by atoms with Crippen molar-refractivity contribution in [2.75, 3.05) is 16.8 Å². The van der Waals surface area contributed by atoms with Crippen molar-refractivity contribution in [1.29, 1.82) is 0 Å². The van der Waals surface area contributed by atoms with Crippen LogP contribution in [-0.4, -0.2) is 18.4 Å². The predicted molar refractivity (Wildman–Crippen MR) is 102 cm³/mol. The molecule has 0 atom stereocenters. The second kappa shape index (κ2) is 7.65. The van der Waals surface area contributed by atoms with Crippen molar-refractivity contribution in [1.82, 2.24) is 0 Å². The van der Waals surface area contributed by atoms with Crippen LogP contribution >= 0.6 is 34.8 Å². The van der Waals surface area contributed by atoms with E-state index >= 15 is 0 Å². The third-order valence-electron chi connectivity index (χ3n) is 3.97. The van der Waals surface area contributed by atoms with Crippen LogP contribution in [0.2, 0.25) is 15.1 Å². The first-order valence-electron chi connectivity index (χ1n) is 7.78. The quantitative estimate of drug-likeness (QED) is 0.742. The summed E-state index contributed by atoms with van der Waals surface area (Å²) in [6.45, 7) is 0.745. The van der Waals surface area contributed by atoms with Crippen molar-refractivity contribution in [2.45, 2.75) is 19.3 Å². The Balaban J connectivity index is 1.65. The summed E-state index contributed by atoms with van der Waals surface area (Å²) in [7, 11) is 0. The van der Waals surface area contributed by atoms with E-state index in [0.717, 1.165) is 24.2 Å². The first-order valence-corrected chi connectivity index (χ1v) is 8.91. The van der Waals surface area contributed by atoms with Gasteiger partial charge in [-0.2, -0.15) is 0 Å². The van der Waals surface area contributed by atoms with Gasteiger partial charge in [-0.1, -0.05) is 46.9 Å². The monoisotopic (exact) mass is 396 g/mol. The molecular weight excluding hydrogens is 383 g/mol. The normalized spacial score (nSPS) is 14.0. The largest absolute Gasteiger partial charge is 0.324 e. The number of rotatable bonds is 4. The van der Waals surface area contributed by atoms with Gasteiger partial charge in [0.2, 0.25) is 11.8 Å². The first-order chi connectivity index (χ1) is 11.9. The summed E-state index contributed by atoms with van der Waals surface area (Å²) in [6, 6.07) is 10.4. The van der Waals surface area contributed by atoms with Crippen LogP contribution in [-0.2, 0) is 16.0 Å². The summed E-state index contributed by atoms with van der Waals surface area (Å²) in [5, 5.41) is 3.70. The Morgan fingerprint density at radius 2 is 1.72 bits per heavy atom. The summed E-state index contributed by atoms with van der Waals surface area (Å²) < 4.78 is 0. The van der Waals surface area contributed by atoms with E-state index in [0.29, 0.717) is 27.2 Å². The second-order valence-electron chi connectivity index (χ2n) is 5.79. The molecule has 4 nitrogen and oxygen atoms in total. The molecule has 0 saturated carbocycles. The molecular formula is C18H15Cl3N2O2. The summed E-state index contributed by atoms with van der Waals surface area (Å²) in [5.41, 5.74) is 2.11. The maximum absolute atomic E-state index is 12.2. The number of amides is 2. The molecule has 0 radical (unpaired) electrons. The van der Waals surface area contributed by atoms with Crippen LogP contribution in [0, 0.1) is 0 Å². The van der Waals surface area contributed by atoms with E-state index < -0.39 is 0 Å². The number of carbonyl (C=O) groups is 2.